The lowest BCUT2D eigenvalue weighted by Gasteiger charge is -2.30. The van der Waals surface area contributed by atoms with Gasteiger partial charge in [0.15, 0.2) is 0 Å². The smallest absolute Gasteiger partial charge is 0.279 e. The summed E-state index contributed by atoms with van der Waals surface area (Å²) in [6.07, 6.45) is 4.82. The first-order valence-electron chi connectivity index (χ1n) is 12.1. The summed E-state index contributed by atoms with van der Waals surface area (Å²) in [5.74, 6) is -0.593. The lowest BCUT2D eigenvalue weighted by atomic mass is 9.94. The number of imide groups is 1. The number of rotatable bonds is 6. The van der Waals surface area contributed by atoms with E-state index in [0.29, 0.717) is 30.0 Å². The summed E-state index contributed by atoms with van der Waals surface area (Å²) in [5.41, 5.74) is 3.94. The number of carbonyl (C=O) groups is 2. The number of aromatic amines is 1. The highest BCUT2D eigenvalue weighted by Crippen LogP contribution is 2.36. The molecule has 1 N–H and O–H groups in total. The molecule has 4 rings (SSSR count). The van der Waals surface area contributed by atoms with Crippen LogP contribution in [-0.2, 0) is 9.59 Å². The van der Waals surface area contributed by atoms with Crippen LogP contribution in [0.25, 0.3) is 11.3 Å². The van der Waals surface area contributed by atoms with Crippen LogP contribution in [0, 0.1) is 20.8 Å². The number of H-pyrrole nitrogens is 1. The molecule has 7 nitrogen and oxygen atoms in total. The van der Waals surface area contributed by atoms with Crippen LogP contribution in [-0.4, -0.2) is 50.5 Å². The minimum absolute atomic E-state index is 0.0951. The molecule has 176 valence electrons. The third kappa shape index (κ3) is 3.83. The van der Waals surface area contributed by atoms with Gasteiger partial charge in [-0.15, -0.1) is 0 Å². The van der Waals surface area contributed by atoms with Crippen molar-refractivity contribution in [3.05, 3.63) is 56.6 Å². The van der Waals surface area contributed by atoms with Gasteiger partial charge in [0.2, 0.25) is 0 Å². The Kier molecular flexibility index (Phi) is 6.32. The van der Waals surface area contributed by atoms with Crippen LogP contribution in [0.4, 0.5) is 0 Å². The van der Waals surface area contributed by atoms with Crippen molar-refractivity contribution in [3.63, 3.8) is 0 Å². The highest BCUT2D eigenvalue weighted by atomic mass is 16.2. The van der Waals surface area contributed by atoms with Crippen molar-refractivity contribution in [2.45, 2.75) is 72.8 Å². The molecule has 1 fully saturated rings. The van der Waals surface area contributed by atoms with Crippen molar-refractivity contribution in [2.24, 2.45) is 0 Å². The Morgan fingerprint density at radius 2 is 1.64 bits per heavy atom. The number of hydrogen-bond acceptors (Lipinski definition) is 4. The molecule has 2 amide bonds. The summed E-state index contributed by atoms with van der Waals surface area (Å²) < 4.78 is 1.50. The van der Waals surface area contributed by atoms with E-state index >= 15 is 0 Å². The van der Waals surface area contributed by atoms with Crippen LogP contribution in [0.15, 0.2) is 28.7 Å². The van der Waals surface area contributed by atoms with E-state index in [1.165, 1.54) is 9.58 Å². The Morgan fingerprint density at radius 3 is 2.27 bits per heavy atom. The quantitative estimate of drug-likeness (QED) is 0.678. The minimum Gasteiger partial charge on any atom is -0.367 e. The van der Waals surface area contributed by atoms with Crippen molar-refractivity contribution in [1.82, 2.24) is 19.6 Å². The molecule has 0 spiro atoms. The van der Waals surface area contributed by atoms with Gasteiger partial charge >= 0.3 is 0 Å². The fraction of sp³-hybridized carbons (Fsp3) is 0.500. The van der Waals surface area contributed by atoms with Crippen LogP contribution < -0.4 is 5.56 Å². The Labute approximate surface area is 195 Å². The summed E-state index contributed by atoms with van der Waals surface area (Å²) in [6, 6.07) is 5.83. The fourth-order valence-electron chi connectivity index (χ4n) is 5.24. The number of aryl methyl sites for hydroxylation is 3. The van der Waals surface area contributed by atoms with Crippen molar-refractivity contribution >= 4 is 17.4 Å². The van der Waals surface area contributed by atoms with Gasteiger partial charge in [-0.05, 0) is 64.7 Å². The second-order valence-electron chi connectivity index (χ2n) is 9.21. The molecule has 0 saturated heterocycles. The SMILES string of the molecule is CCN(CC)C1=C(c2c(C)[nH]n(-c3cc(C)ccc3C)c2=O)C(=O)N(C2CCCCC2)C1=O. The first-order chi connectivity index (χ1) is 15.8. The highest BCUT2D eigenvalue weighted by molar-refractivity contribution is 6.35. The van der Waals surface area contributed by atoms with Crippen molar-refractivity contribution < 1.29 is 9.59 Å². The maximum atomic E-state index is 13.8. The number of nitrogens with zero attached hydrogens (tertiary/aromatic N) is 3. The molecule has 2 aromatic rings. The van der Waals surface area contributed by atoms with Gasteiger partial charge in [0.25, 0.3) is 17.4 Å². The summed E-state index contributed by atoms with van der Waals surface area (Å²) >= 11 is 0. The van der Waals surface area contributed by atoms with E-state index in [-0.39, 0.29) is 29.0 Å². The van der Waals surface area contributed by atoms with Gasteiger partial charge < -0.3 is 4.90 Å². The number of carbonyl (C=O) groups excluding carboxylic acids is 2. The number of amides is 2. The molecule has 33 heavy (non-hydrogen) atoms. The van der Waals surface area contributed by atoms with E-state index in [1.54, 1.807) is 6.92 Å². The van der Waals surface area contributed by atoms with Crippen LogP contribution >= 0.6 is 0 Å². The van der Waals surface area contributed by atoms with Crippen LogP contribution in [0.1, 0.15) is 68.3 Å². The maximum absolute atomic E-state index is 13.8. The van der Waals surface area contributed by atoms with Crippen molar-refractivity contribution in [2.75, 3.05) is 13.1 Å². The Hall–Kier alpha value is -3.09. The molecule has 1 saturated carbocycles. The van der Waals surface area contributed by atoms with E-state index in [2.05, 4.69) is 5.10 Å². The average molecular weight is 451 g/mol. The molecular weight excluding hydrogens is 416 g/mol. The second-order valence-corrected chi connectivity index (χ2v) is 9.21. The van der Waals surface area contributed by atoms with Gasteiger partial charge in [-0.3, -0.25) is 24.4 Å². The molecule has 2 heterocycles. The van der Waals surface area contributed by atoms with Crippen LogP contribution in [0.2, 0.25) is 0 Å². The van der Waals surface area contributed by atoms with E-state index in [0.717, 1.165) is 48.9 Å². The molecular formula is C26H34N4O3. The van der Waals surface area contributed by atoms with E-state index < -0.39 is 0 Å². The average Bonchev–Trinajstić information content (AvgIpc) is 3.23. The predicted octanol–water partition coefficient (Wildman–Crippen LogP) is 3.85. The number of benzene rings is 1. The molecule has 1 aliphatic heterocycles. The zero-order valence-corrected chi connectivity index (χ0v) is 20.3. The van der Waals surface area contributed by atoms with Gasteiger partial charge in [0.1, 0.15) is 5.70 Å². The van der Waals surface area contributed by atoms with Gasteiger partial charge in [0, 0.05) is 24.8 Å². The normalized spacial score (nSPS) is 17.4. The first kappa shape index (κ1) is 23.1. The molecule has 1 aromatic heterocycles. The number of hydrogen-bond donors (Lipinski definition) is 1. The summed E-state index contributed by atoms with van der Waals surface area (Å²) in [5, 5.41) is 3.17. The van der Waals surface area contributed by atoms with Crippen molar-refractivity contribution in [3.8, 4) is 5.69 Å². The maximum Gasteiger partial charge on any atom is 0.279 e. The third-order valence-electron chi connectivity index (χ3n) is 7.04. The summed E-state index contributed by atoms with van der Waals surface area (Å²) in [7, 11) is 0. The van der Waals surface area contributed by atoms with Gasteiger partial charge in [0.05, 0.1) is 16.8 Å². The predicted molar refractivity (Wildman–Crippen MR) is 129 cm³/mol. The van der Waals surface area contributed by atoms with E-state index in [1.807, 2.05) is 50.8 Å². The molecule has 0 unspecified atom stereocenters. The lowest BCUT2D eigenvalue weighted by molar-refractivity contribution is -0.141. The molecule has 1 aromatic carbocycles. The number of nitrogens with one attached hydrogen (secondary N) is 1. The second kappa shape index (κ2) is 9.04. The standard InChI is InChI=1S/C26H34N4O3/c1-6-28(7-2)23-22(24(31)29(26(23)33)19-11-9-8-10-12-19)21-18(5)27-30(25(21)32)20-15-16(3)13-14-17(20)4/h13-15,19,27H,6-12H2,1-5H3. The van der Waals surface area contributed by atoms with E-state index in [4.69, 9.17) is 0 Å². The molecule has 1 aliphatic carbocycles. The Balaban J connectivity index is 1.90. The van der Waals surface area contributed by atoms with Gasteiger partial charge in [-0.25, -0.2) is 4.68 Å². The monoisotopic (exact) mass is 450 g/mol. The highest BCUT2D eigenvalue weighted by Gasteiger charge is 2.46. The van der Waals surface area contributed by atoms with E-state index in [9.17, 15) is 14.4 Å². The molecule has 0 bridgehead atoms. The minimum atomic E-state index is -0.332. The molecule has 7 heteroatoms. The van der Waals surface area contributed by atoms with Gasteiger partial charge in [-0.2, -0.15) is 0 Å². The third-order valence-corrected chi connectivity index (χ3v) is 7.04. The number of likely N-dealkylation sites (N-methyl/N-ethyl adjacent to an activating group) is 1. The molecule has 0 atom stereocenters. The van der Waals surface area contributed by atoms with Gasteiger partial charge in [-0.1, -0.05) is 31.4 Å². The Morgan fingerprint density at radius 1 is 0.970 bits per heavy atom. The summed E-state index contributed by atoms with van der Waals surface area (Å²) in [6.45, 7) is 10.8. The van der Waals surface area contributed by atoms with Crippen LogP contribution in [0.3, 0.4) is 0 Å². The Bertz CT molecular complexity index is 1180. The molecule has 0 radical (unpaired) electrons. The summed E-state index contributed by atoms with van der Waals surface area (Å²) in [4.78, 5) is 44.5. The topological polar surface area (TPSA) is 78.4 Å². The zero-order chi connectivity index (χ0) is 23.9. The van der Waals surface area contributed by atoms with Crippen LogP contribution in [0.5, 0.6) is 0 Å². The number of aromatic nitrogens is 2. The molecule has 2 aliphatic rings. The fourth-order valence-corrected chi connectivity index (χ4v) is 5.24. The zero-order valence-electron chi connectivity index (χ0n) is 20.3. The lowest BCUT2D eigenvalue weighted by Crippen LogP contribution is -2.43. The largest absolute Gasteiger partial charge is 0.367 e. The van der Waals surface area contributed by atoms with Crippen molar-refractivity contribution in [1.29, 1.82) is 0 Å². The first-order valence-corrected chi connectivity index (χ1v) is 12.1.